The second-order valence-corrected chi connectivity index (χ2v) is 7.36. The van der Waals surface area contributed by atoms with Crippen molar-refractivity contribution in [3.8, 4) is 0 Å². The van der Waals surface area contributed by atoms with Gasteiger partial charge >= 0.3 is 0 Å². The quantitative estimate of drug-likeness (QED) is 0.761. The van der Waals surface area contributed by atoms with Crippen LogP contribution in [0.1, 0.15) is 29.5 Å². The molecule has 0 aromatic heterocycles. The van der Waals surface area contributed by atoms with E-state index in [4.69, 9.17) is 0 Å². The summed E-state index contributed by atoms with van der Waals surface area (Å²) >= 11 is 1.54. The molecule has 0 radical (unpaired) electrons. The van der Waals surface area contributed by atoms with Crippen LogP contribution in [0.15, 0.2) is 72.2 Å². The van der Waals surface area contributed by atoms with Gasteiger partial charge in [-0.3, -0.25) is 4.79 Å². The van der Waals surface area contributed by atoms with Crippen molar-refractivity contribution in [3.05, 3.63) is 83.9 Å². The van der Waals surface area contributed by atoms with E-state index in [-0.39, 0.29) is 11.8 Å². The zero-order chi connectivity index (χ0) is 16.4. The molecule has 116 valence electrons. The third-order valence-electron chi connectivity index (χ3n) is 4.22. The highest BCUT2D eigenvalue weighted by Crippen LogP contribution is 2.46. The molecular weight excluding hydrogens is 302 g/mol. The minimum Gasteiger partial charge on any atom is -0.271 e. The number of amides is 1. The van der Waals surface area contributed by atoms with Gasteiger partial charge in [0, 0.05) is 11.5 Å². The molecule has 2 aromatic rings. The minimum absolute atomic E-state index is 0.0782. The maximum atomic E-state index is 12.7. The maximum absolute atomic E-state index is 12.7. The van der Waals surface area contributed by atoms with Crippen molar-refractivity contribution in [3.63, 3.8) is 0 Å². The van der Waals surface area contributed by atoms with Gasteiger partial charge in [0.05, 0.1) is 0 Å². The number of carbonyl (C=O) groups excluding carboxylic acids is 1. The van der Waals surface area contributed by atoms with Crippen LogP contribution in [-0.4, -0.2) is 15.7 Å². The summed E-state index contributed by atoms with van der Waals surface area (Å²) in [5.41, 5.74) is 3.29. The predicted octanol–water partition coefficient (Wildman–Crippen LogP) is 4.74. The summed E-state index contributed by atoms with van der Waals surface area (Å²) < 4.78 is -0.651. The van der Waals surface area contributed by atoms with E-state index in [9.17, 15) is 4.79 Å². The Kier molecular flexibility index (Phi) is 4.22. The number of carbonyl (C=O) groups is 1. The summed E-state index contributed by atoms with van der Waals surface area (Å²) in [6.45, 7) is 7.99. The lowest BCUT2D eigenvalue weighted by molar-refractivity contribution is -0.119. The summed E-state index contributed by atoms with van der Waals surface area (Å²) in [4.78, 5) is 17.0. The minimum atomic E-state index is -0.651. The molecule has 0 N–H and O–H groups in total. The number of nitrogens with zero attached hydrogens (tertiary/aromatic N) is 1. The molecule has 1 aliphatic rings. The fourth-order valence-corrected chi connectivity index (χ4v) is 4.10. The van der Waals surface area contributed by atoms with Crippen LogP contribution in [-0.2, 0) is 4.79 Å². The lowest BCUT2D eigenvalue weighted by Crippen LogP contribution is -2.34. The van der Waals surface area contributed by atoms with Gasteiger partial charge in [-0.1, -0.05) is 78.0 Å². The third-order valence-corrected chi connectivity index (χ3v) is 5.60. The molecule has 2 aromatic carbocycles. The fourth-order valence-electron chi connectivity index (χ4n) is 2.82. The molecule has 0 saturated heterocycles. The molecule has 0 aliphatic carbocycles. The number of allylic oxidation sites excluding steroid dienone is 1. The van der Waals surface area contributed by atoms with E-state index >= 15 is 0 Å². The zero-order valence-electron chi connectivity index (χ0n) is 13.3. The van der Waals surface area contributed by atoms with Gasteiger partial charge < -0.3 is 0 Å². The summed E-state index contributed by atoms with van der Waals surface area (Å²) in [5.74, 6) is -0.169. The second-order valence-electron chi connectivity index (χ2n) is 5.92. The van der Waals surface area contributed by atoms with E-state index in [0.717, 1.165) is 16.2 Å². The van der Waals surface area contributed by atoms with Crippen molar-refractivity contribution in [2.45, 2.75) is 24.5 Å². The molecule has 0 saturated carbocycles. The summed E-state index contributed by atoms with van der Waals surface area (Å²) in [6, 6.07) is 18.1. The van der Waals surface area contributed by atoms with Crippen molar-refractivity contribution < 1.29 is 4.79 Å². The number of aliphatic imine (C=N–C) groups is 1. The molecule has 0 spiro atoms. The Labute approximate surface area is 141 Å². The van der Waals surface area contributed by atoms with E-state index in [2.05, 4.69) is 42.8 Å². The number of rotatable bonds is 4. The largest absolute Gasteiger partial charge is 0.271 e. The normalized spacial score (nSPS) is 21.8. The Morgan fingerprint density at radius 3 is 2.39 bits per heavy atom. The molecule has 0 fully saturated rings. The van der Waals surface area contributed by atoms with Gasteiger partial charge in [0.1, 0.15) is 9.79 Å². The number of aryl methyl sites for hydroxylation is 1. The Bertz CT molecular complexity index is 764. The van der Waals surface area contributed by atoms with Crippen LogP contribution in [0.2, 0.25) is 0 Å². The Balaban J connectivity index is 1.94. The molecule has 3 heteroatoms. The van der Waals surface area contributed by atoms with Crippen LogP contribution >= 0.6 is 11.8 Å². The van der Waals surface area contributed by atoms with Crippen molar-refractivity contribution >= 4 is 22.7 Å². The summed E-state index contributed by atoms with van der Waals surface area (Å²) in [5, 5.41) is 0.789. The Morgan fingerprint density at radius 1 is 1.13 bits per heavy atom. The van der Waals surface area contributed by atoms with Crippen LogP contribution in [0.5, 0.6) is 0 Å². The van der Waals surface area contributed by atoms with Gasteiger partial charge in [0.25, 0.3) is 5.91 Å². The SMILES string of the molecule is C=C[C@H](c1ccc(C)cc1)[C@@]1(C)SC(c2ccccc2)=NC1=O. The zero-order valence-corrected chi connectivity index (χ0v) is 14.1. The van der Waals surface area contributed by atoms with Crippen LogP contribution in [0.4, 0.5) is 0 Å². The highest BCUT2D eigenvalue weighted by Gasteiger charge is 2.47. The molecule has 1 aliphatic heterocycles. The smallest absolute Gasteiger partial charge is 0.264 e. The lowest BCUT2D eigenvalue weighted by Gasteiger charge is -2.29. The van der Waals surface area contributed by atoms with Crippen LogP contribution in [0.3, 0.4) is 0 Å². The van der Waals surface area contributed by atoms with Gasteiger partial charge in [-0.25, -0.2) is 4.99 Å². The van der Waals surface area contributed by atoms with Gasteiger partial charge in [0.2, 0.25) is 0 Å². The molecule has 0 unspecified atom stereocenters. The van der Waals surface area contributed by atoms with Gasteiger partial charge in [-0.15, -0.1) is 6.58 Å². The van der Waals surface area contributed by atoms with Crippen molar-refractivity contribution in [1.82, 2.24) is 0 Å². The van der Waals surface area contributed by atoms with Gasteiger partial charge in [0.15, 0.2) is 0 Å². The van der Waals surface area contributed by atoms with E-state index in [1.165, 1.54) is 17.3 Å². The van der Waals surface area contributed by atoms with Crippen molar-refractivity contribution in [1.29, 1.82) is 0 Å². The number of thioether (sulfide) groups is 1. The van der Waals surface area contributed by atoms with Crippen molar-refractivity contribution in [2.24, 2.45) is 4.99 Å². The Morgan fingerprint density at radius 2 is 1.78 bits per heavy atom. The topological polar surface area (TPSA) is 29.4 Å². The highest BCUT2D eigenvalue weighted by atomic mass is 32.2. The first kappa shape index (κ1) is 15.8. The van der Waals surface area contributed by atoms with E-state index < -0.39 is 4.75 Å². The number of benzene rings is 2. The van der Waals surface area contributed by atoms with Crippen LogP contribution < -0.4 is 0 Å². The maximum Gasteiger partial charge on any atom is 0.264 e. The van der Waals surface area contributed by atoms with Crippen LogP contribution in [0.25, 0.3) is 0 Å². The average Bonchev–Trinajstić information content (AvgIpc) is 2.87. The first-order valence-corrected chi connectivity index (χ1v) is 8.43. The standard InChI is InChI=1S/C20H19NOS/c1-4-17(15-12-10-14(2)11-13-15)20(3)19(22)21-18(23-20)16-8-6-5-7-9-16/h4-13,17H,1H2,2-3H3/t17-,20-/m1/s1. The molecule has 0 bridgehead atoms. The number of hydrogen-bond acceptors (Lipinski definition) is 2. The predicted molar refractivity (Wildman–Crippen MR) is 98.1 cm³/mol. The monoisotopic (exact) mass is 321 g/mol. The molecule has 23 heavy (non-hydrogen) atoms. The number of hydrogen-bond donors (Lipinski definition) is 0. The van der Waals surface area contributed by atoms with E-state index in [0.29, 0.717) is 0 Å². The van der Waals surface area contributed by atoms with E-state index in [1.54, 1.807) is 0 Å². The second kappa shape index (κ2) is 6.17. The van der Waals surface area contributed by atoms with Crippen LogP contribution in [0, 0.1) is 6.92 Å². The summed E-state index contributed by atoms with van der Waals surface area (Å²) in [6.07, 6.45) is 1.86. The molecule has 3 rings (SSSR count). The fraction of sp³-hybridized carbons (Fsp3) is 0.200. The highest BCUT2D eigenvalue weighted by molar-refractivity contribution is 8.16. The lowest BCUT2D eigenvalue weighted by atomic mass is 9.85. The average molecular weight is 321 g/mol. The molecule has 1 heterocycles. The van der Waals surface area contributed by atoms with Gasteiger partial charge in [-0.2, -0.15) is 0 Å². The first-order valence-electron chi connectivity index (χ1n) is 7.61. The molecule has 2 nitrogen and oxygen atoms in total. The first-order chi connectivity index (χ1) is 11.0. The molecule has 2 atom stereocenters. The van der Waals surface area contributed by atoms with E-state index in [1.807, 2.05) is 43.3 Å². The Hall–Kier alpha value is -2.13. The third kappa shape index (κ3) is 2.89. The van der Waals surface area contributed by atoms with Crippen molar-refractivity contribution in [2.75, 3.05) is 0 Å². The summed E-state index contributed by atoms with van der Waals surface area (Å²) in [7, 11) is 0. The van der Waals surface area contributed by atoms with Gasteiger partial charge in [-0.05, 0) is 19.4 Å². The molecule has 1 amide bonds. The molecular formula is C20H19NOS.